The number of hydrogen-bond acceptors (Lipinski definition) is 2. The number of benzene rings is 1. The van der Waals surface area contributed by atoms with E-state index in [2.05, 4.69) is 5.32 Å². The van der Waals surface area contributed by atoms with Crippen LogP contribution >= 0.6 is 0 Å². The molecule has 106 valence electrons. The van der Waals surface area contributed by atoms with Gasteiger partial charge in [0.15, 0.2) is 0 Å². The van der Waals surface area contributed by atoms with Crippen LogP contribution in [0, 0.1) is 5.92 Å². The molecule has 2 nitrogen and oxygen atoms in total. The molecule has 0 aliphatic heterocycles. The molecule has 0 aromatic heterocycles. The molecule has 1 aromatic rings. The fourth-order valence-corrected chi connectivity index (χ4v) is 2.11. The lowest BCUT2D eigenvalue weighted by Gasteiger charge is -2.21. The predicted octanol–water partition coefficient (Wildman–Crippen LogP) is 3.47. The van der Waals surface area contributed by atoms with Crippen LogP contribution in [0.1, 0.15) is 24.8 Å². The van der Waals surface area contributed by atoms with Gasteiger partial charge in [0.05, 0.1) is 5.56 Å². The Bertz CT molecular complexity index is 415. The molecule has 0 radical (unpaired) electrons. The van der Waals surface area contributed by atoms with Gasteiger partial charge in [-0.2, -0.15) is 13.2 Å². The van der Waals surface area contributed by atoms with E-state index in [1.807, 2.05) is 7.05 Å². The third-order valence-corrected chi connectivity index (χ3v) is 3.30. The van der Waals surface area contributed by atoms with E-state index in [0.29, 0.717) is 5.92 Å². The Morgan fingerprint density at radius 2 is 2.00 bits per heavy atom. The summed E-state index contributed by atoms with van der Waals surface area (Å²) < 4.78 is 44.3. The third-order valence-electron chi connectivity index (χ3n) is 3.30. The molecule has 0 bridgehead atoms. The summed E-state index contributed by atoms with van der Waals surface area (Å²) in [5, 5.41) is 3.01. The minimum absolute atomic E-state index is 0.0528. The summed E-state index contributed by atoms with van der Waals surface area (Å²) in [5.41, 5.74) is -0.690. The van der Waals surface area contributed by atoms with E-state index in [9.17, 15) is 13.2 Å². The van der Waals surface area contributed by atoms with Gasteiger partial charge in [-0.05, 0) is 50.9 Å². The first-order valence-corrected chi connectivity index (χ1v) is 6.50. The second-order valence-corrected chi connectivity index (χ2v) is 4.88. The van der Waals surface area contributed by atoms with Gasteiger partial charge in [-0.1, -0.05) is 12.1 Å². The molecular formula is C14H18F3NO. The first kappa shape index (κ1) is 14.2. The van der Waals surface area contributed by atoms with Gasteiger partial charge in [0.2, 0.25) is 0 Å². The van der Waals surface area contributed by atoms with Crippen LogP contribution in [0.15, 0.2) is 24.3 Å². The van der Waals surface area contributed by atoms with Crippen LogP contribution in [-0.2, 0) is 6.18 Å². The standard InChI is InChI=1S/C14H18F3NO/c1-18-9-8-12(10-6-7-10)19-13-5-3-2-4-11(13)14(15,16)17/h2-5,10,12,18H,6-9H2,1H3. The molecule has 5 heteroatoms. The van der Waals surface area contributed by atoms with Gasteiger partial charge in [-0.3, -0.25) is 0 Å². The molecule has 1 atom stereocenters. The van der Waals surface area contributed by atoms with Gasteiger partial charge in [0.25, 0.3) is 0 Å². The number of para-hydroxylation sites is 1. The minimum atomic E-state index is -4.37. The molecule has 1 N–H and O–H groups in total. The Morgan fingerprint density at radius 1 is 1.32 bits per heavy atom. The van der Waals surface area contributed by atoms with Crippen molar-refractivity contribution in [2.75, 3.05) is 13.6 Å². The lowest BCUT2D eigenvalue weighted by molar-refractivity contribution is -0.139. The lowest BCUT2D eigenvalue weighted by atomic mass is 10.1. The first-order valence-electron chi connectivity index (χ1n) is 6.50. The van der Waals surface area contributed by atoms with Crippen LogP contribution in [0.5, 0.6) is 5.75 Å². The van der Waals surface area contributed by atoms with Crippen molar-refractivity contribution in [3.05, 3.63) is 29.8 Å². The van der Waals surface area contributed by atoms with Crippen LogP contribution in [0.4, 0.5) is 13.2 Å². The van der Waals surface area contributed by atoms with Crippen LogP contribution < -0.4 is 10.1 Å². The summed E-state index contributed by atoms with van der Waals surface area (Å²) >= 11 is 0. The normalized spacial score (nSPS) is 17.3. The lowest BCUT2D eigenvalue weighted by Crippen LogP contribution is -2.25. The van der Waals surface area contributed by atoms with Gasteiger partial charge < -0.3 is 10.1 Å². The highest BCUT2D eigenvalue weighted by molar-refractivity contribution is 5.35. The van der Waals surface area contributed by atoms with E-state index in [0.717, 1.165) is 31.9 Å². The maximum atomic E-state index is 12.9. The summed E-state index contributed by atoms with van der Waals surface area (Å²) in [5.74, 6) is 0.345. The number of halogens is 3. The van der Waals surface area contributed by atoms with Gasteiger partial charge in [0, 0.05) is 0 Å². The van der Waals surface area contributed by atoms with E-state index in [1.54, 1.807) is 6.07 Å². The van der Waals surface area contributed by atoms with Crippen LogP contribution in [0.2, 0.25) is 0 Å². The van der Waals surface area contributed by atoms with Crippen molar-refractivity contribution in [2.45, 2.75) is 31.5 Å². The fraction of sp³-hybridized carbons (Fsp3) is 0.571. The Kier molecular flexibility index (Phi) is 4.34. The number of hydrogen-bond donors (Lipinski definition) is 1. The van der Waals surface area contributed by atoms with E-state index in [1.165, 1.54) is 12.1 Å². The van der Waals surface area contributed by atoms with Crippen LogP contribution in [0.3, 0.4) is 0 Å². The molecule has 0 spiro atoms. The molecule has 1 unspecified atom stereocenters. The summed E-state index contributed by atoms with van der Waals surface area (Å²) in [6.07, 6.45) is -1.68. The van der Waals surface area contributed by atoms with Crippen molar-refractivity contribution in [1.82, 2.24) is 5.32 Å². The highest BCUT2D eigenvalue weighted by Crippen LogP contribution is 2.40. The Hall–Kier alpha value is -1.23. The van der Waals surface area contributed by atoms with E-state index in [4.69, 9.17) is 4.74 Å². The Balaban J connectivity index is 2.12. The largest absolute Gasteiger partial charge is 0.489 e. The van der Waals surface area contributed by atoms with E-state index >= 15 is 0 Å². The first-order chi connectivity index (χ1) is 9.02. The molecule has 0 amide bonds. The number of rotatable bonds is 6. The molecule has 1 fully saturated rings. The molecular weight excluding hydrogens is 255 g/mol. The monoisotopic (exact) mass is 273 g/mol. The van der Waals surface area contributed by atoms with Crippen molar-refractivity contribution >= 4 is 0 Å². The molecule has 1 saturated carbocycles. The van der Waals surface area contributed by atoms with Crippen molar-refractivity contribution in [3.8, 4) is 5.75 Å². The van der Waals surface area contributed by atoms with Gasteiger partial charge in [-0.25, -0.2) is 0 Å². The second-order valence-electron chi connectivity index (χ2n) is 4.88. The van der Waals surface area contributed by atoms with Crippen molar-refractivity contribution in [3.63, 3.8) is 0 Å². The summed E-state index contributed by atoms with van der Waals surface area (Å²) in [4.78, 5) is 0. The Labute approximate surface area is 111 Å². The number of alkyl halides is 3. The van der Waals surface area contributed by atoms with Crippen LogP contribution in [0.25, 0.3) is 0 Å². The van der Waals surface area contributed by atoms with E-state index < -0.39 is 11.7 Å². The topological polar surface area (TPSA) is 21.3 Å². The van der Waals surface area contributed by atoms with E-state index in [-0.39, 0.29) is 11.9 Å². The van der Waals surface area contributed by atoms with Crippen molar-refractivity contribution in [2.24, 2.45) is 5.92 Å². The minimum Gasteiger partial charge on any atom is -0.489 e. The summed E-state index contributed by atoms with van der Waals surface area (Å²) in [6, 6.07) is 5.43. The fourth-order valence-electron chi connectivity index (χ4n) is 2.11. The average molecular weight is 273 g/mol. The zero-order valence-corrected chi connectivity index (χ0v) is 10.8. The van der Waals surface area contributed by atoms with Crippen molar-refractivity contribution in [1.29, 1.82) is 0 Å². The zero-order chi connectivity index (χ0) is 13.9. The van der Waals surface area contributed by atoms with Gasteiger partial charge in [-0.15, -0.1) is 0 Å². The Morgan fingerprint density at radius 3 is 2.58 bits per heavy atom. The maximum absolute atomic E-state index is 12.9. The summed E-state index contributed by atoms with van der Waals surface area (Å²) in [6.45, 7) is 0.745. The molecule has 1 aliphatic rings. The van der Waals surface area contributed by atoms with Crippen LogP contribution in [-0.4, -0.2) is 19.7 Å². The molecule has 1 aromatic carbocycles. The second kappa shape index (κ2) is 5.82. The number of ether oxygens (including phenoxy) is 1. The quantitative estimate of drug-likeness (QED) is 0.857. The molecule has 0 saturated heterocycles. The molecule has 1 aliphatic carbocycles. The third kappa shape index (κ3) is 3.86. The maximum Gasteiger partial charge on any atom is 0.419 e. The molecule has 0 heterocycles. The van der Waals surface area contributed by atoms with Gasteiger partial charge in [0.1, 0.15) is 11.9 Å². The highest BCUT2D eigenvalue weighted by atomic mass is 19.4. The predicted molar refractivity (Wildman–Crippen MR) is 67.1 cm³/mol. The summed E-state index contributed by atoms with van der Waals surface area (Å²) in [7, 11) is 1.83. The SMILES string of the molecule is CNCCC(Oc1ccccc1C(F)(F)F)C1CC1. The smallest absolute Gasteiger partial charge is 0.419 e. The molecule has 19 heavy (non-hydrogen) atoms. The highest BCUT2D eigenvalue weighted by Gasteiger charge is 2.37. The number of nitrogens with one attached hydrogen (secondary N) is 1. The molecule has 2 rings (SSSR count). The van der Waals surface area contributed by atoms with Crippen molar-refractivity contribution < 1.29 is 17.9 Å². The zero-order valence-electron chi connectivity index (χ0n) is 10.8. The average Bonchev–Trinajstić information content (AvgIpc) is 3.18. The van der Waals surface area contributed by atoms with Gasteiger partial charge >= 0.3 is 6.18 Å².